The third kappa shape index (κ3) is 3.48. The van der Waals surface area contributed by atoms with Crippen LogP contribution >= 0.6 is 0 Å². The largest absolute Gasteiger partial charge is 0.398 e. The molecule has 190 valence electrons. The molecule has 1 aromatic carbocycles. The smallest absolute Gasteiger partial charge is 0.381 e. The van der Waals surface area contributed by atoms with Crippen molar-refractivity contribution in [2.75, 3.05) is 23.4 Å². The Morgan fingerprint density at radius 3 is 2.36 bits per heavy atom. The number of nitrogens with zero attached hydrogens (tertiary/aromatic N) is 3. The van der Waals surface area contributed by atoms with Crippen molar-refractivity contribution in [3.63, 3.8) is 0 Å². The summed E-state index contributed by atoms with van der Waals surface area (Å²) in [5.74, 6) is 1.32. The average molecular weight is 501 g/mol. The normalized spacial score (nSPS) is 27.9. The molecule has 36 heavy (non-hydrogen) atoms. The molecule has 2 saturated heterocycles. The van der Waals surface area contributed by atoms with Crippen LogP contribution in [0.4, 0.5) is 29.5 Å². The number of urea groups is 1. The number of halogens is 3. The lowest BCUT2D eigenvalue weighted by Crippen LogP contribution is -2.43. The molecule has 1 aromatic heterocycles. The first-order valence-electron chi connectivity index (χ1n) is 12.2. The highest BCUT2D eigenvalue weighted by atomic mass is 19.4. The molecule has 2 saturated carbocycles. The summed E-state index contributed by atoms with van der Waals surface area (Å²) in [4.78, 5) is 33.6. The van der Waals surface area contributed by atoms with Gasteiger partial charge in [-0.05, 0) is 62.1 Å². The van der Waals surface area contributed by atoms with Gasteiger partial charge in [0.05, 0.1) is 24.3 Å². The number of benzene rings is 1. The van der Waals surface area contributed by atoms with Gasteiger partial charge >= 0.3 is 12.2 Å². The van der Waals surface area contributed by atoms with Crippen molar-refractivity contribution in [3.05, 3.63) is 53.7 Å². The second-order valence-electron chi connectivity index (χ2n) is 10.8. The minimum absolute atomic E-state index is 0.0524. The number of pyridine rings is 1. The Bertz CT molecular complexity index is 1220. The predicted octanol–water partition coefficient (Wildman–Crippen LogP) is 4.48. The number of rotatable bonds is 6. The number of hydrogen-bond donors (Lipinski definition) is 1. The first-order valence-corrected chi connectivity index (χ1v) is 12.2. The number of imide groups is 1. The Morgan fingerprint density at radius 1 is 1.08 bits per heavy atom. The Balaban J connectivity index is 1.20. The number of ether oxygens (including phenoxy) is 1. The zero-order valence-electron chi connectivity index (χ0n) is 20.0. The molecule has 6 rings (SSSR count). The van der Waals surface area contributed by atoms with E-state index in [1.807, 2.05) is 6.07 Å². The van der Waals surface area contributed by atoms with E-state index in [-0.39, 0.29) is 30.6 Å². The van der Waals surface area contributed by atoms with E-state index in [2.05, 4.69) is 10.3 Å². The van der Waals surface area contributed by atoms with Crippen LogP contribution in [-0.4, -0.2) is 52.8 Å². The minimum Gasteiger partial charge on any atom is -0.381 e. The molecule has 0 radical (unpaired) electrons. The highest BCUT2D eigenvalue weighted by molar-refractivity contribution is 6.22. The molecule has 1 N–H and O–H groups in total. The molecule has 7 nitrogen and oxygen atoms in total. The van der Waals surface area contributed by atoms with Gasteiger partial charge in [-0.1, -0.05) is 12.1 Å². The van der Waals surface area contributed by atoms with E-state index in [1.54, 1.807) is 26.1 Å². The lowest BCUT2D eigenvalue weighted by atomic mass is 9.95. The Labute approximate surface area is 206 Å². The maximum Gasteiger partial charge on any atom is 0.398 e. The molecule has 1 unspecified atom stereocenters. The van der Waals surface area contributed by atoms with E-state index in [0.29, 0.717) is 23.7 Å². The number of anilines is 2. The van der Waals surface area contributed by atoms with Crippen molar-refractivity contribution in [1.29, 1.82) is 0 Å². The maximum atomic E-state index is 13.5. The van der Waals surface area contributed by atoms with E-state index in [9.17, 15) is 22.8 Å². The van der Waals surface area contributed by atoms with Crippen molar-refractivity contribution in [1.82, 2.24) is 9.88 Å². The fraction of sp³-hybridized carbons (Fsp3) is 0.500. The second-order valence-corrected chi connectivity index (χ2v) is 10.8. The van der Waals surface area contributed by atoms with E-state index in [1.165, 1.54) is 29.2 Å². The van der Waals surface area contributed by atoms with Crippen molar-refractivity contribution in [2.45, 2.75) is 56.4 Å². The van der Waals surface area contributed by atoms with E-state index in [4.69, 9.17) is 4.74 Å². The van der Waals surface area contributed by atoms with Gasteiger partial charge in [0.15, 0.2) is 0 Å². The van der Waals surface area contributed by atoms with Gasteiger partial charge in [-0.15, -0.1) is 0 Å². The fourth-order valence-electron chi connectivity index (χ4n) is 5.58. The summed E-state index contributed by atoms with van der Waals surface area (Å²) < 4.78 is 45.9. The van der Waals surface area contributed by atoms with Gasteiger partial charge in [-0.25, -0.2) is 14.7 Å². The molecule has 2 aromatic rings. The zero-order chi connectivity index (χ0) is 25.5. The number of alkyl halides is 3. The van der Waals surface area contributed by atoms with Crippen molar-refractivity contribution < 1.29 is 27.5 Å². The van der Waals surface area contributed by atoms with Crippen LogP contribution in [0.15, 0.2) is 42.6 Å². The van der Waals surface area contributed by atoms with Gasteiger partial charge in [0.25, 0.3) is 5.91 Å². The summed E-state index contributed by atoms with van der Waals surface area (Å²) in [6.45, 7) is 5.07. The summed E-state index contributed by atoms with van der Waals surface area (Å²) in [7, 11) is 0. The molecule has 3 atom stereocenters. The molecule has 3 amide bonds. The summed E-state index contributed by atoms with van der Waals surface area (Å²) in [6.07, 6.45) is -2.54. The van der Waals surface area contributed by atoms with Crippen molar-refractivity contribution in [2.24, 2.45) is 11.8 Å². The number of fused-ring (bicyclic) bond motifs is 1. The van der Waals surface area contributed by atoms with Gasteiger partial charge in [-0.2, -0.15) is 13.2 Å². The van der Waals surface area contributed by atoms with Crippen LogP contribution in [0.3, 0.4) is 0 Å². The molecule has 2 aliphatic carbocycles. The van der Waals surface area contributed by atoms with Gasteiger partial charge in [-0.3, -0.25) is 4.79 Å². The molecule has 0 bridgehead atoms. The Hall–Kier alpha value is -3.14. The highest BCUT2D eigenvalue weighted by Gasteiger charge is 2.64. The van der Waals surface area contributed by atoms with E-state index >= 15 is 0 Å². The molecule has 0 spiro atoms. The SMILES string of the molecule is CC1(C)C(=O)N(c2ccc(C3(C(F)(F)F)CC3)cc2)C(=O)N1Cc1ccnc(NC2[C@H]3COC[C@@H]23)c1. The molecular formula is C26H27F3N4O3. The average Bonchev–Trinajstić information content (AvgIpc) is 3.70. The molecule has 4 aliphatic rings. The predicted molar refractivity (Wildman–Crippen MR) is 125 cm³/mol. The third-order valence-corrected chi connectivity index (χ3v) is 8.23. The van der Waals surface area contributed by atoms with E-state index < -0.39 is 29.1 Å². The second kappa shape index (κ2) is 7.68. The lowest BCUT2D eigenvalue weighted by molar-refractivity contribution is -0.160. The number of aromatic nitrogens is 1. The summed E-state index contributed by atoms with van der Waals surface area (Å²) in [5, 5.41) is 3.44. The third-order valence-electron chi connectivity index (χ3n) is 8.23. The maximum absolute atomic E-state index is 13.5. The van der Waals surface area contributed by atoms with Crippen LogP contribution < -0.4 is 10.2 Å². The zero-order valence-corrected chi connectivity index (χ0v) is 20.0. The number of nitrogens with one attached hydrogen (secondary N) is 1. The topological polar surface area (TPSA) is 74.8 Å². The molecule has 3 heterocycles. The summed E-state index contributed by atoms with van der Waals surface area (Å²) in [5.41, 5.74) is -1.68. The van der Waals surface area contributed by atoms with Gasteiger partial charge in [0, 0.05) is 30.6 Å². The first kappa shape index (κ1) is 23.3. The number of carbonyl (C=O) groups excluding carboxylic acids is 2. The van der Waals surface area contributed by atoms with Crippen molar-refractivity contribution >= 4 is 23.4 Å². The first-order chi connectivity index (χ1) is 17.0. The van der Waals surface area contributed by atoms with Crippen LogP contribution in [0.25, 0.3) is 0 Å². The van der Waals surface area contributed by atoms with Crippen molar-refractivity contribution in [3.8, 4) is 0 Å². The number of hydrogen-bond acceptors (Lipinski definition) is 5. The summed E-state index contributed by atoms with van der Waals surface area (Å²) in [6, 6.07) is 9.15. The fourth-order valence-corrected chi connectivity index (χ4v) is 5.58. The lowest BCUT2D eigenvalue weighted by Gasteiger charge is -2.27. The van der Waals surface area contributed by atoms with Crippen LogP contribution in [0.5, 0.6) is 0 Å². The Kier molecular flexibility index (Phi) is 4.96. The van der Waals surface area contributed by atoms with Gasteiger partial charge in [0.2, 0.25) is 0 Å². The number of carbonyl (C=O) groups is 2. The van der Waals surface area contributed by atoms with Crippen LogP contribution in [0.1, 0.15) is 37.8 Å². The van der Waals surface area contributed by atoms with Gasteiger partial charge in [0.1, 0.15) is 11.4 Å². The minimum atomic E-state index is -4.32. The molecular weight excluding hydrogens is 473 g/mol. The van der Waals surface area contributed by atoms with Crippen LogP contribution in [0.2, 0.25) is 0 Å². The highest BCUT2D eigenvalue weighted by Crippen LogP contribution is 2.59. The van der Waals surface area contributed by atoms with Crippen LogP contribution in [0, 0.1) is 11.8 Å². The quantitative estimate of drug-likeness (QED) is 0.592. The number of amides is 3. The molecule has 2 aliphatic heterocycles. The Morgan fingerprint density at radius 2 is 1.75 bits per heavy atom. The monoisotopic (exact) mass is 500 g/mol. The molecule has 4 fully saturated rings. The van der Waals surface area contributed by atoms with Gasteiger partial charge < -0.3 is 15.0 Å². The van der Waals surface area contributed by atoms with E-state index in [0.717, 1.165) is 23.7 Å². The summed E-state index contributed by atoms with van der Waals surface area (Å²) >= 11 is 0. The standard InChI is InChI=1S/C26H27F3N4O3/c1-24(2)22(34)33(17-5-3-16(4-6-17)25(8-9-25)26(27,28)29)23(35)32(24)12-15-7-10-30-20(11-15)31-21-18-13-36-14-19(18)21/h3-7,10-11,18-19,21H,8-9,12-14H2,1-2H3,(H,30,31)/t18-,19+,21?. The van der Waals surface area contributed by atoms with Crippen LogP contribution in [-0.2, 0) is 21.5 Å². The molecule has 10 heteroatoms.